The lowest BCUT2D eigenvalue weighted by Gasteiger charge is -2.37. The van der Waals surface area contributed by atoms with Crippen LogP contribution in [0, 0.1) is 0 Å². The number of ether oxygens (including phenoxy) is 2. The normalized spacial score (nSPS) is 15.7. The number of benzene rings is 3. The van der Waals surface area contributed by atoms with Crippen molar-refractivity contribution >= 4 is 17.8 Å². The van der Waals surface area contributed by atoms with E-state index in [1.807, 2.05) is 66.7 Å². The predicted molar refractivity (Wildman–Crippen MR) is 121 cm³/mol. The van der Waals surface area contributed by atoms with Crippen LogP contribution in [0.5, 0.6) is 0 Å². The first-order valence-corrected chi connectivity index (χ1v) is 10.9. The molecule has 0 aromatic heterocycles. The van der Waals surface area contributed by atoms with E-state index in [1.165, 1.54) is 0 Å². The molecule has 0 atom stereocenters. The van der Waals surface area contributed by atoms with Crippen molar-refractivity contribution in [3.8, 4) is 11.1 Å². The van der Waals surface area contributed by atoms with Crippen molar-refractivity contribution in [1.29, 1.82) is 0 Å². The van der Waals surface area contributed by atoms with Crippen LogP contribution in [0.15, 0.2) is 78.9 Å². The van der Waals surface area contributed by atoms with Crippen LogP contribution in [0.2, 0.25) is 0 Å². The van der Waals surface area contributed by atoms with E-state index >= 15 is 0 Å². The molecule has 3 aromatic carbocycles. The number of ketones is 1. The molecule has 1 N–H and O–H groups in total. The number of nitrogens with one attached hydrogen (secondary N) is 1. The van der Waals surface area contributed by atoms with Crippen molar-refractivity contribution < 1.29 is 23.9 Å². The fourth-order valence-corrected chi connectivity index (χ4v) is 4.60. The SMILES string of the molecule is O=C1CC(NC(=O)OCC2c3ccccc3-c3ccccc32)(C(=O)OCc2ccccc2)C1. The fraction of sp³-hybridized carbons (Fsp3) is 0.222. The summed E-state index contributed by atoms with van der Waals surface area (Å²) in [6.07, 6.45) is -0.920. The van der Waals surface area contributed by atoms with Gasteiger partial charge in [0.1, 0.15) is 19.0 Å². The molecule has 1 saturated carbocycles. The van der Waals surface area contributed by atoms with Crippen molar-refractivity contribution in [3.63, 3.8) is 0 Å². The zero-order chi connectivity index (χ0) is 22.8. The standard InChI is InChI=1S/C27H23NO5/c29-19-14-27(15-19,25(30)32-16-18-8-2-1-3-9-18)28-26(31)33-17-24-22-12-6-4-10-20(22)21-11-5-7-13-23(21)24/h1-13,24H,14-17H2,(H,28,31). The summed E-state index contributed by atoms with van der Waals surface area (Å²) in [5.41, 5.74) is 3.92. The van der Waals surface area contributed by atoms with Gasteiger partial charge in [0, 0.05) is 18.8 Å². The zero-order valence-corrected chi connectivity index (χ0v) is 18.0. The first-order chi connectivity index (χ1) is 16.1. The summed E-state index contributed by atoms with van der Waals surface area (Å²) in [6, 6.07) is 25.4. The highest BCUT2D eigenvalue weighted by Gasteiger charge is 2.53. The average molecular weight is 441 g/mol. The molecule has 1 fully saturated rings. The van der Waals surface area contributed by atoms with E-state index in [0.29, 0.717) is 0 Å². The van der Waals surface area contributed by atoms with Gasteiger partial charge in [-0.25, -0.2) is 9.59 Å². The second-order valence-electron chi connectivity index (χ2n) is 8.49. The Morgan fingerprint density at radius 3 is 2.00 bits per heavy atom. The molecule has 2 aliphatic carbocycles. The van der Waals surface area contributed by atoms with Gasteiger partial charge in [0.15, 0.2) is 5.54 Å². The molecule has 0 unspecified atom stereocenters. The maximum atomic E-state index is 12.7. The lowest BCUT2D eigenvalue weighted by molar-refractivity contribution is -0.161. The molecule has 0 bridgehead atoms. The third kappa shape index (κ3) is 4.00. The molecule has 0 spiro atoms. The minimum absolute atomic E-state index is 0.0714. The third-order valence-electron chi connectivity index (χ3n) is 6.29. The topological polar surface area (TPSA) is 81.7 Å². The van der Waals surface area contributed by atoms with Crippen LogP contribution >= 0.6 is 0 Å². The Hall–Kier alpha value is -3.93. The molecular weight excluding hydrogens is 418 g/mol. The van der Waals surface area contributed by atoms with E-state index in [2.05, 4.69) is 17.4 Å². The lowest BCUT2D eigenvalue weighted by atomic mass is 9.75. The largest absolute Gasteiger partial charge is 0.459 e. The van der Waals surface area contributed by atoms with E-state index in [0.717, 1.165) is 27.8 Å². The summed E-state index contributed by atoms with van der Waals surface area (Å²) in [7, 11) is 0. The van der Waals surface area contributed by atoms with Gasteiger partial charge < -0.3 is 14.8 Å². The number of alkyl carbamates (subject to hydrolysis) is 1. The highest BCUT2D eigenvalue weighted by atomic mass is 16.6. The zero-order valence-electron chi connectivity index (χ0n) is 18.0. The third-order valence-corrected chi connectivity index (χ3v) is 6.29. The molecule has 6 nitrogen and oxygen atoms in total. The van der Waals surface area contributed by atoms with Crippen molar-refractivity contribution in [1.82, 2.24) is 5.32 Å². The van der Waals surface area contributed by atoms with Gasteiger partial charge >= 0.3 is 12.1 Å². The number of rotatable bonds is 6. The quantitative estimate of drug-likeness (QED) is 0.575. The van der Waals surface area contributed by atoms with Crippen LogP contribution in [-0.2, 0) is 25.7 Å². The van der Waals surface area contributed by atoms with Crippen LogP contribution in [0.25, 0.3) is 11.1 Å². The summed E-state index contributed by atoms with van der Waals surface area (Å²) >= 11 is 0. The lowest BCUT2D eigenvalue weighted by Crippen LogP contribution is -2.63. The summed E-state index contributed by atoms with van der Waals surface area (Å²) in [5, 5.41) is 2.61. The van der Waals surface area contributed by atoms with Gasteiger partial charge in [-0.05, 0) is 27.8 Å². The van der Waals surface area contributed by atoms with Crippen molar-refractivity contribution in [3.05, 3.63) is 95.6 Å². The minimum Gasteiger partial charge on any atom is -0.459 e. The van der Waals surface area contributed by atoms with E-state index < -0.39 is 17.6 Å². The van der Waals surface area contributed by atoms with Gasteiger partial charge in [0.05, 0.1) is 0 Å². The number of hydrogen-bond acceptors (Lipinski definition) is 5. The monoisotopic (exact) mass is 441 g/mol. The van der Waals surface area contributed by atoms with Crippen LogP contribution < -0.4 is 5.32 Å². The molecule has 0 radical (unpaired) electrons. The summed E-state index contributed by atoms with van der Waals surface area (Å²) < 4.78 is 10.9. The molecule has 1 amide bonds. The molecule has 2 aliphatic rings. The van der Waals surface area contributed by atoms with E-state index in [4.69, 9.17) is 9.47 Å². The van der Waals surface area contributed by atoms with Gasteiger partial charge in [-0.2, -0.15) is 0 Å². The maximum absolute atomic E-state index is 12.7. The van der Waals surface area contributed by atoms with Gasteiger partial charge in [-0.15, -0.1) is 0 Å². The molecule has 0 aliphatic heterocycles. The van der Waals surface area contributed by atoms with Crippen molar-refractivity contribution in [2.45, 2.75) is 30.9 Å². The van der Waals surface area contributed by atoms with Gasteiger partial charge in [-0.1, -0.05) is 78.9 Å². The molecule has 3 aromatic rings. The number of Topliss-reactive ketones (excluding diaryl/α,β-unsaturated/α-hetero) is 1. The molecule has 0 saturated heterocycles. The Morgan fingerprint density at radius 1 is 0.818 bits per heavy atom. The molecule has 6 heteroatoms. The van der Waals surface area contributed by atoms with E-state index in [-0.39, 0.29) is 37.8 Å². The molecule has 33 heavy (non-hydrogen) atoms. The second-order valence-corrected chi connectivity index (χ2v) is 8.49. The molecule has 166 valence electrons. The number of carbonyl (C=O) groups excluding carboxylic acids is 3. The Morgan fingerprint density at radius 2 is 1.39 bits per heavy atom. The summed E-state index contributed by atoms with van der Waals surface area (Å²) in [5.74, 6) is -0.822. The smallest absolute Gasteiger partial charge is 0.408 e. The highest BCUT2D eigenvalue weighted by molar-refractivity contribution is 6.02. The molecular formula is C27H23NO5. The number of esters is 1. The van der Waals surface area contributed by atoms with Gasteiger partial charge in [0.25, 0.3) is 0 Å². The van der Waals surface area contributed by atoms with Gasteiger partial charge in [-0.3, -0.25) is 4.79 Å². The minimum atomic E-state index is -1.37. The number of carbonyl (C=O) groups is 3. The van der Waals surface area contributed by atoms with Gasteiger partial charge in [0.2, 0.25) is 0 Å². The second kappa shape index (κ2) is 8.54. The molecule has 5 rings (SSSR count). The Balaban J connectivity index is 1.24. The van der Waals surface area contributed by atoms with Crippen molar-refractivity contribution in [2.24, 2.45) is 0 Å². The fourth-order valence-electron chi connectivity index (χ4n) is 4.60. The Kier molecular flexibility index (Phi) is 5.42. The Bertz CT molecular complexity index is 1170. The van der Waals surface area contributed by atoms with Crippen LogP contribution in [0.3, 0.4) is 0 Å². The van der Waals surface area contributed by atoms with Crippen LogP contribution in [-0.4, -0.2) is 30.0 Å². The number of fused-ring (bicyclic) bond motifs is 3. The highest BCUT2D eigenvalue weighted by Crippen LogP contribution is 2.44. The van der Waals surface area contributed by atoms with E-state index in [1.54, 1.807) is 0 Å². The number of amides is 1. The first-order valence-electron chi connectivity index (χ1n) is 10.9. The summed E-state index contributed by atoms with van der Waals surface area (Å²) in [4.78, 5) is 37.1. The van der Waals surface area contributed by atoms with Crippen molar-refractivity contribution in [2.75, 3.05) is 6.61 Å². The Labute approximate surface area is 191 Å². The summed E-state index contributed by atoms with van der Waals surface area (Å²) in [6.45, 7) is 0.199. The van der Waals surface area contributed by atoms with Crippen LogP contribution in [0.4, 0.5) is 4.79 Å². The first kappa shape index (κ1) is 20.9. The predicted octanol–water partition coefficient (Wildman–Crippen LogP) is 4.37. The maximum Gasteiger partial charge on any atom is 0.408 e. The number of hydrogen-bond donors (Lipinski definition) is 1. The van der Waals surface area contributed by atoms with E-state index in [9.17, 15) is 14.4 Å². The average Bonchev–Trinajstić information content (AvgIpc) is 3.14. The van der Waals surface area contributed by atoms with Crippen LogP contribution in [0.1, 0.15) is 35.4 Å². The molecule has 0 heterocycles.